The molecule has 3 aromatic rings. The zero-order valence-electron chi connectivity index (χ0n) is 21.3. The topological polar surface area (TPSA) is 125 Å². The number of nitrogens with one attached hydrogen (secondary N) is 1. The van der Waals surface area contributed by atoms with Gasteiger partial charge in [-0.15, -0.1) is 0 Å². The van der Waals surface area contributed by atoms with E-state index in [9.17, 15) is 15.3 Å². The number of pyridine rings is 1. The summed E-state index contributed by atoms with van der Waals surface area (Å²) in [4.78, 5) is 17.6. The normalized spacial score (nSPS) is 11.5. The van der Waals surface area contributed by atoms with Crippen LogP contribution in [0.2, 0.25) is 5.02 Å². The zero-order chi connectivity index (χ0) is 27.3. The fourth-order valence-corrected chi connectivity index (χ4v) is 4.98. The molecule has 0 aliphatic carbocycles. The van der Waals surface area contributed by atoms with E-state index in [2.05, 4.69) is 36.3 Å². The molecule has 0 aliphatic heterocycles. The Bertz CT molecular complexity index is 1410. The van der Waals surface area contributed by atoms with Gasteiger partial charge < -0.3 is 15.8 Å². The SMILES string of the molecule is CCC(Sc1nc(N)c(C#N)c(-c2ccc(C(C)C)cc2)c1C#N)C(=O)Nc1cc(C)c(Cl)cc1OC. The molecule has 1 atom stereocenters. The van der Waals surface area contributed by atoms with E-state index < -0.39 is 5.25 Å². The predicted octanol–water partition coefficient (Wildman–Crippen LogP) is 6.68. The number of ether oxygens (including phenoxy) is 1. The molecule has 0 aliphatic rings. The number of aromatic nitrogens is 1. The molecular formula is C28H28ClN5O2S. The molecule has 0 radical (unpaired) electrons. The van der Waals surface area contributed by atoms with Crippen LogP contribution >= 0.6 is 23.4 Å². The molecule has 9 heteroatoms. The maximum Gasteiger partial charge on any atom is 0.238 e. The van der Waals surface area contributed by atoms with Gasteiger partial charge in [0.05, 0.1) is 23.6 Å². The first-order valence-corrected chi connectivity index (χ1v) is 13.0. The van der Waals surface area contributed by atoms with Crippen LogP contribution in [0.15, 0.2) is 41.4 Å². The molecule has 1 heterocycles. The highest BCUT2D eigenvalue weighted by Crippen LogP contribution is 2.38. The molecule has 1 unspecified atom stereocenters. The van der Waals surface area contributed by atoms with Crippen molar-refractivity contribution in [3.63, 3.8) is 0 Å². The Kier molecular flexibility index (Phi) is 9.04. The molecule has 1 amide bonds. The largest absolute Gasteiger partial charge is 0.495 e. The van der Waals surface area contributed by atoms with Crippen molar-refractivity contribution >= 4 is 40.8 Å². The molecular weight excluding hydrogens is 506 g/mol. The molecule has 2 aromatic carbocycles. The van der Waals surface area contributed by atoms with E-state index in [-0.39, 0.29) is 22.9 Å². The summed E-state index contributed by atoms with van der Waals surface area (Å²) in [7, 11) is 1.50. The van der Waals surface area contributed by atoms with E-state index in [1.807, 2.05) is 38.1 Å². The standard InChI is InChI=1S/C28H28ClN5O2S/c1-6-24(27(35)33-22-11-16(4)21(29)12-23(22)36-5)37-28-20(14-31)25(19(13-30)26(32)34-28)18-9-7-17(8-10-18)15(2)3/h7-12,15,24H,6H2,1-5H3,(H2,32,34)(H,33,35). The summed E-state index contributed by atoms with van der Waals surface area (Å²) < 4.78 is 5.37. The number of nitrogens with two attached hydrogens (primary N) is 1. The second kappa shape index (κ2) is 12.0. The summed E-state index contributed by atoms with van der Waals surface area (Å²) in [6.07, 6.45) is 0.455. The second-order valence-corrected chi connectivity index (χ2v) is 10.3. The first-order valence-electron chi connectivity index (χ1n) is 11.7. The highest BCUT2D eigenvalue weighted by atomic mass is 35.5. The number of carbonyl (C=O) groups excluding carboxylic acids is 1. The van der Waals surface area contributed by atoms with E-state index in [1.54, 1.807) is 12.1 Å². The fourth-order valence-electron chi connectivity index (χ4n) is 3.81. The highest BCUT2D eigenvalue weighted by Gasteiger charge is 2.26. The number of nitrogens with zero attached hydrogens (tertiary/aromatic N) is 3. The number of nitrogen functional groups attached to an aromatic ring is 1. The van der Waals surface area contributed by atoms with Gasteiger partial charge in [0.15, 0.2) is 0 Å². The molecule has 0 saturated heterocycles. The minimum Gasteiger partial charge on any atom is -0.495 e. The molecule has 0 fully saturated rings. The van der Waals surface area contributed by atoms with Gasteiger partial charge in [0.1, 0.15) is 34.3 Å². The number of hydrogen-bond donors (Lipinski definition) is 2. The van der Waals surface area contributed by atoms with Crippen LogP contribution in [0.25, 0.3) is 11.1 Å². The second-order valence-electron chi connectivity index (χ2n) is 8.73. The van der Waals surface area contributed by atoms with E-state index in [0.717, 1.165) is 22.9 Å². The van der Waals surface area contributed by atoms with Gasteiger partial charge in [-0.1, -0.05) is 68.4 Å². The molecule has 3 rings (SSSR count). The molecule has 190 valence electrons. The van der Waals surface area contributed by atoms with Crippen LogP contribution in [0, 0.1) is 29.6 Å². The van der Waals surface area contributed by atoms with Crippen molar-refractivity contribution in [2.75, 3.05) is 18.2 Å². The Morgan fingerprint density at radius 2 is 1.84 bits per heavy atom. The van der Waals surface area contributed by atoms with E-state index in [1.165, 1.54) is 7.11 Å². The Morgan fingerprint density at radius 3 is 2.38 bits per heavy atom. The number of thioether (sulfide) groups is 1. The number of anilines is 2. The monoisotopic (exact) mass is 533 g/mol. The molecule has 1 aromatic heterocycles. The number of benzene rings is 2. The molecule has 37 heavy (non-hydrogen) atoms. The summed E-state index contributed by atoms with van der Waals surface area (Å²) in [5.41, 5.74) is 10.0. The van der Waals surface area contributed by atoms with Crippen LogP contribution < -0.4 is 15.8 Å². The van der Waals surface area contributed by atoms with Crippen molar-refractivity contribution in [1.82, 2.24) is 4.98 Å². The van der Waals surface area contributed by atoms with Gasteiger partial charge in [0.25, 0.3) is 0 Å². The third kappa shape index (κ3) is 5.99. The van der Waals surface area contributed by atoms with Gasteiger partial charge in [0.2, 0.25) is 5.91 Å². The lowest BCUT2D eigenvalue weighted by molar-refractivity contribution is -0.115. The first kappa shape index (κ1) is 27.9. The summed E-state index contributed by atoms with van der Waals surface area (Å²) in [5.74, 6) is 0.496. The maximum atomic E-state index is 13.3. The van der Waals surface area contributed by atoms with Gasteiger partial charge in [-0.05, 0) is 42.0 Å². The van der Waals surface area contributed by atoms with Crippen LogP contribution in [0.3, 0.4) is 0 Å². The number of amides is 1. The number of rotatable bonds is 8. The van der Waals surface area contributed by atoms with Crippen molar-refractivity contribution in [3.05, 3.63) is 63.7 Å². The maximum absolute atomic E-state index is 13.3. The summed E-state index contributed by atoms with van der Waals surface area (Å²) in [6, 6.07) is 15.4. The van der Waals surface area contributed by atoms with Crippen molar-refractivity contribution in [2.24, 2.45) is 0 Å². The van der Waals surface area contributed by atoms with Crippen LogP contribution in [-0.2, 0) is 4.79 Å². The number of aryl methyl sites for hydroxylation is 1. The number of carbonyl (C=O) groups is 1. The fraction of sp³-hybridized carbons (Fsp3) is 0.286. The number of halogens is 1. The Hall–Kier alpha value is -3.72. The zero-order valence-corrected chi connectivity index (χ0v) is 22.9. The van der Waals surface area contributed by atoms with Gasteiger partial charge in [-0.25, -0.2) is 4.98 Å². The minimum absolute atomic E-state index is 0.0113. The first-order chi connectivity index (χ1) is 17.6. The van der Waals surface area contributed by atoms with Gasteiger partial charge >= 0.3 is 0 Å². The van der Waals surface area contributed by atoms with Crippen molar-refractivity contribution < 1.29 is 9.53 Å². The lowest BCUT2D eigenvalue weighted by atomic mass is 9.94. The molecule has 0 bridgehead atoms. The molecule has 0 spiro atoms. The Balaban J connectivity index is 2.02. The van der Waals surface area contributed by atoms with Crippen LogP contribution in [0.5, 0.6) is 5.75 Å². The Morgan fingerprint density at radius 1 is 1.19 bits per heavy atom. The van der Waals surface area contributed by atoms with Crippen molar-refractivity contribution in [1.29, 1.82) is 10.5 Å². The third-order valence-corrected chi connectivity index (χ3v) is 7.70. The summed E-state index contributed by atoms with van der Waals surface area (Å²) in [5, 5.41) is 23.1. The van der Waals surface area contributed by atoms with Gasteiger partial charge in [-0.2, -0.15) is 10.5 Å². The number of nitriles is 2. The van der Waals surface area contributed by atoms with Crippen molar-refractivity contribution in [2.45, 2.75) is 50.3 Å². The number of hydrogen-bond acceptors (Lipinski definition) is 7. The van der Waals surface area contributed by atoms with Gasteiger partial charge in [0, 0.05) is 16.7 Å². The predicted molar refractivity (Wildman–Crippen MR) is 149 cm³/mol. The number of methoxy groups -OCH3 is 1. The van der Waals surface area contributed by atoms with Crippen LogP contribution in [-0.4, -0.2) is 23.3 Å². The van der Waals surface area contributed by atoms with Crippen LogP contribution in [0.4, 0.5) is 11.5 Å². The van der Waals surface area contributed by atoms with Gasteiger partial charge in [-0.3, -0.25) is 4.79 Å². The quantitative estimate of drug-likeness (QED) is 0.309. The van der Waals surface area contributed by atoms with Crippen molar-refractivity contribution in [3.8, 4) is 29.0 Å². The molecule has 0 saturated carbocycles. The minimum atomic E-state index is -0.594. The lowest BCUT2D eigenvalue weighted by Crippen LogP contribution is -2.25. The molecule has 7 nitrogen and oxygen atoms in total. The smallest absolute Gasteiger partial charge is 0.238 e. The van der Waals surface area contributed by atoms with E-state index >= 15 is 0 Å². The lowest BCUT2D eigenvalue weighted by Gasteiger charge is -2.19. The Labute approximate surface area is 226 Å². The highest BCUT2D eigenvalue weighted by molar-refractivity contribution is 8.00. The molecule has 3 N–H and O–H groups in total. The average molecular weight is 534 g/mol. The van der Waals surface area contributed by atoms with Crippen LogP contribution in [0.1, 0.15) is 55.4 Å². The summed E-state index contributed by atoms with van der Waals surface area (Å²) >= 11 is 7.33. The summed E-state index contributed by atoms with van der Waals surface area (Å²) in [6.45, 7) is 7.88. The average Bonchev–Trinajstić information content (AvgIpc) is 2.88. The van der Waals surface area contributed by atoms with E-state index in [0.29, 0.717) is 45.0 Å². The third-order valence-electron chi connectivity index (χ3n) is 5.94. The van der Waals surface area contributed by atoms with E-state index in [4.69, 9.17) is 22.1 Å².